The normalized spacial score (nSPS) is 11.3. The maximum atomic E-state index is 11.7. The minimum atomic E-state index is -0.415. The lowest BCUT2D eigenvalue weighted by atomic mass is 10.1. The summed E-state index contributed by atoms with van der Waals surface area (Å²) in [6.45, 7) is 6.02. The van der Waals surface area contributed by atoms with Crippen molar-refractivity contribution in [1.82, 2.24) is 25.5 Å². The number of nitrogens with one attached hydrogen (secondary N) is 1. The highest BCUT2D eigenvalue weighted by atomic mass is 79.9. The van der Waals surface area contributed by atoms with E-state index >= 15 is 0 Å². The molecule has 0 fully saturated rings. The van der Waals surface area contributed by atoms with Gasteiger partial charge in [0.1, 0.15) is 4.60 Å². The summed E-state index contributed by atoms with van der Waals surface area (Å²) in [7, 11) is 0. The largest absolute Gasteiger partial charge is 0.449 e. The fourth-order valence-corrected chi connectivity index (χ4v) is 2.84. The Morgan fingerprint density at radius 1 is 1.20 bits per heavy atom. The van der Waals surface area contributed by atoms with Gasteiger partial charge >= 0.3 is 6.09 Å². The summed E-state index contributed by atoms with van der Waals surface area (Å²) in [5.74, 6) is 0.885. The third-order valence-electron chi connectivity index (χ3n) is 3.92. The number of alkyl carbamates (subject to hydrolysis) is 1. The number of anilines is 1. The van der Waals surface area contributed by atoms with Gasteiger partial charge in [0.15, 0.2) is 11.5 Å². The molecule has 0 radical (unpaired) electrons. The zero-order chi connectivity index (χ0) is 21.7. The summed E-state index contributed by atoms with van der Waals surface area (Å²) in [5.41, 5.74) is 7.92. The van der Waals surface area contributed by atoms with Crippen LogP contribution in [0.25, 0.3) is 11.6 Å². The number of rotatable bonds is 6. The van der Waals surface area contributed by atoms with E-state index in [4.69, 9.17) is 14.9 Å². The molecule has 0 aliphatic heterocycles. The standard InChI is InChI=1S/C20H23BrN6O3/c1-20(2,3)25-19(28)29-9-8-12-4-6-13(7-5-12)10-15-26-27-18(30-15)16-17(22)23-11-14(21)24-16/h4-7,11H,8-10H2,1-3H3,(H2,22,23)(H,25,28). The van der Waals surface area contributed by atoms with E-state index in [0.717, 1.165) is 11.1 Å². The SMILES string of the molecule is CC(C)(C)NC(=O)OCCc1ccc(Cc2nnc(-c3nc(Br)cnc3N)o2)cc1. The fraction of sp³-hybridized carbons (Fsp3) is 0.350. The van der Waals surface area contributed by atoms with Gasteiger partial charge in [0, 0.05) is 12.0 Å². The minimum absolute atomic E-state index is 0.219. The van der Waals surface area contributed by atoms with Crippen molar-refractivity contribution in [1.29, 1.82) is 0 Å². The predicted molar refractivity (Wildman–Crippen MR) is 115 cm³/mol. The number of halogens is 1. The number of carbonyl (C=O) groups is 1. The van der Waals surface area contributed by atoms with Crippen molar-refractivity contribution < 1.29 is 13.9 Å². The lowest BCUT2D eigenvalue weighted by Crippen LogP contribution is -2.41. The third kappa shape index (κ3) is 6.24. The molecule has 3 N–H and O–H groups in total. The van der Waals surface area contributed by atoms with Crippen LogP contribution in [0, 0.1) is 0 Å². The summed E-state index contributed by atoms with van der Waals surface area (Å²) in [6.07, 6.45) is 2.18. The molecule has 0 bridgehead atoms. The molecule has 0 atom stereocenters. The van der Waals surface area contributed by atoms with E-state index in [2.05, 4.69) is 41.4 Å². The first-order chi connectivity index (χ1) is 14.2. The second-order valence-corrected chi connectivity index (χ2v) is 8.49. The van der Waals surface area contributed by atoms with E-state index in [1.165, 1.54) is 6.20 Å². The first-order valence-electron chi connectivity index (χ1n) is 9.33. The number of nitrogens with two attached hydrogens (primary N) is 1. The molecule has 1 amide bonds. The van der Waals surface area contributed by atoms with Gasteiger partial charge in [0.25, 0.3) is 5.89 Å². The topological polar surface area (TPSA) is 129 Å². The zero-order valence-electron chi connectivity index (χ0n) is 17.0. The molecule has 3 rings (SSSR count). The van der Waals surface area contributed by atoms with Crippen LogP contribution in [-0.2, 0) is 17.6 Å². The highest BCUT2D eigenvalue weighted by Crippen LogP contribution is 2.23. The van der Waals surface area contributed by atoms with Gasteiger partial charge in [-0.25, -0.2) is 14.8 Å². The first-order valence-corrected chi connectivity index (χ1v) is 10.1. The highest BCUT2D eigenvalue weighted by molar-refractivity contribution is 9.10. The highest BCUT2D eigenvalue weighted by Gasteiger charge is 2.16. The molecule has 1 aromatic carbocycles. The molecule has 0 spiro atoms. The smallest absolute Gasteiger partial charge is 0.407 e. The summed E-state index contributed by atoms with van der Waals surface area (Å²) in [4.78, 5) is 19.9. The Kier molecular flexibility index (Phi) is 6.66. The monoisotopic (exact) mass is 474 g/mol. The van der Waals surface area contributed by atoms with Crippen molar-refractivity contribution in [3.8, 4) is 11.6 Å². The second-order valence-electron chi connectivity index (χ2n) is 7.68. The van der Waals surface area contributed by atoms with Crippen LogP contribution in [-0.4, -0.2) is 38.4 Å². The van der Waals surface area contributed by atoms with Crippen LogP contribution in [0.3, 0.4) is 0 Å². The number of nitrogen functional groups attached to an aromatic ring is 1. The molecule has 10 heteroatoms. The zero-order valence-corrected chi connectivity index (χ0v) is 18.6. The Morgan fingerprint density at radius 2 is 1.90 bits per heavy atom. The van der Waals surface area contributed by atoms with Crippen molar-refractivity contribution in [2.45, 2.75) is 39.2 Å². The average Bonchev–Trinajstić information content (AvgIpc) is 3.12. The van der Waals surface area contributed by atoms with Gasteiger partial charge in [0.2, 0.25) is 5.89 Å². The van der Waals surface area contributed by atoms with E-state index in [1.54, 1.807) is 0 Å². The molecule has 158 valence electrons. The molecule has 0 saturated heterocycles. The average molecular weight is 475 g/mol. The van der Waals surface area contributed by atoms with E-state index in [0.29, 0.717) is 35.6 Å². The first kappa shape index (κ1) is 21.7. The Morgan fingerprint density at radius 3 is 2.60 bits per heavy atom. The molecule has 2 heterocycles. The molecule has 0 unspecified atom stereocenters. The molecular formula is C20H23BrN6O3. The lowest BCUT2D eigenvalue weighted by molar-refractivity contribution is 0.139. The van der Waals surface area contributed by atoms with Gasteiger partial charge in [-0.15, -0.1) is 10.2 Å². The van der Waals surface area contributed by atoms with Crippen LogP contribution in [0.4, 0.5) is 10.6 Å². The molecule has 3 aromatic rings. The predicted octanol–water partition coefficient (Wildman–Crippen LogP) is 3.53. The maximum absolute atomic E-state index is 11.7. The number of hydrogen-bond donors (Lipinski definition) is 2. The molecule has 0 saturated carbocycles. The van der Waals surface area contributed by atoms with Gasteiger partial charge < -0.3 is 20.2 Å². The van der Waals surface area contributed by atoms with Crippen molar-refractivity contribution in [3.63, 3.8) is 0 Å². The summed E-state index contributed by atoms with van der Waals surface area (Å²) >= 11 is 3.25. The Labute approximate surface area is 182 Å². The Balaban J connectivity index is 1.54. The summed E-state index contributed by atoms with van der Waals surface area (Å²) < 4.78 is 11.4. The van der Waals surface area contributed by atoms with E-state index in [1.807, 2.05) is 45.0 Å². The molecular weight excluding hydrogens is 452 g/mol. The molecule has 9 nitrogen and oxygen atoms in total. The Hall–Kier alpha value is -3.01. The molecule has 0 aliphatic carbocycles. The Bertz CT molecular complexity index is 1010. The maximum Gasteiger partial charge on any atom is 0.407 e. The number of nitrogens with zero attached hydrogens (tertiary/aromatic N) is 4. The van der Waals surface area contributed by atoms with E-state index in [9.17, 15) is 4.79 Å². The number of ether oxygens (including phenoxy) is 1. The number of aromatic nitrogens is 4. The molecule has 0 aliphatic rings. The van der Waals surface area contributed by atoms with Gasteiger partial charge in [-0.3, -0.25) is 0 Å². The van der Waals surface area contributed by atoms with Crippen molar-refractivity contribution >= 4 is 27.8 Å². The van der Waals surface area contributed by atoms with Gasteiger partial charge in [-0.05, 0) is 47.8 Å². The lowest BCUT2D eigenvalue weighted by Gasteiger charge is -2.19. The van der Waals surface area contributed by atoms with Gasteiger partial charge in [-0.2, -0.15) is 0 Å². The van der Waals surface area contributed by atoms with Crippen LogP contribution in [0.5, 0.6) is 0 Å². The van der Waals surface area contributed by atoms with Crippen LogP contribution < -0.4 is 11.1 Å². The second kappa shape index (κ2) is 9.21. The van der Waals surface area contributed by atoms with Crippen LogP contribution in [0.1, 0.15) is 37.8 Å². The minimum Gasteiger partial charge on any atom is -0.449 e. The number of amides is 1. The van der Waals surface area contributed by atoms with Crippen molar-refractivity contribution in [2.24, 2.45) is 0 Å². The quantitative estimate of drug-likeness (QED) is 0.554. The van der Waals surface area contributed by atoms with E-state index < -0.39 is 6.09 Å². The number of carbonyl (C=O) groups excluding carboxylic acids is 1. The van der Waals surface area contributed by atoms with Crippen LogP contribution in [0.2, 0.25) is 0 Å². The van der Waals surface area contributed by atoms with Crippen LogP contribution in [0.15, 0.2) is 39.5 Å². The van der Waals surface area contributed by atoms with Gasteiger partial charge in [0.05, 0.1) is 19.2 Å². The fourth-order valence-electron chi connectivity index (χ4n) is 2.56. The molecule has 30 heavy (non-hydrogen) atoms. The molecule has 2 aromatic heterocycles. The van der Waals surface area contributed by atoms with Gasteiger partial charge in [-0.1, -0.05) is 24.3 Å². The summed E-state index contributed by atoms with van der Waals surface area (Å²) in [5, 5.41) is 10.8. The van der Waals surface area contributed by atoms with Crippen LogP contribution >= 0.6 is 15.9 Å². The van der Waals surface area contributed by atoms with Crippen molar-refractivity contribution in [2.75, 3.05) is 12.3 Å². The number of hydrogen-bond acceptors (Lipinski definition) is 8. The third-order valence-corrected chi connectivity index (χ3v) is 4.30. The van der Waals surface area contributed by atoms with E-state index in [-0.39, 0.29) is 17.2 Å². The number of benzene rings is 1. The van der Waals surface area contributed by atoms with Crippen molar-refractivity contribution in [3.05, 3.63) is 52.1 Å². The summed E-state index contributed by atoms with van der Waals surface area (Å²) in [6, 6.07) is 7.91.